The Balaban J connectivity index is 5.12. The van der Waals surface area contributed by atoms with Crippen LogP contribution in [0.1, 0.15) is 129 Å². The second-order valence-corrected chi connectivity index (χ2v) is 13.0. The predicted molar refractivity (Wildman–Crippen MR) is 156 cm³/mol. The molecule has 0 radical (unpaired) electrons. The number of carbonyl (C=O) groups excluding carboxylic acids is 1. The molecule has 0 rings (SSSR count). The first kappa shape index (κ1) is 50.8. The molecule has 1 atom stereocenters. The van der Waals surface area contributed by atoms with Crippen LogP contribution in [0.5, 0.6) is 0 Å². The summed E-state index contributed by atoms with van der Waals surface area (Å²) in [4.78, 5) is 23.4. The van der Waals surface area contributed by atoms with Crippen molar-refractivity contribution in [2.24, 2.45) is 5.92 Å². The number of carboxylic acids is 1. The van der Waals surface area contributed by atoms with E-state index in [1.165, 1.54) is 44.9 Å². The molecule has 0 fully saturated rings. The summed E-state index contributed by atoms with van der Waals surface area (Å²) >= 11 is 0. The molecule has 0 aromatic carbocycles. The quantitative estimate of drug-likeness (QED) is 0.0464. The molecule has 0 saturated carbocycles. The zero-order chi connectivity index (χ0) is 41.6. The Morgan fingerprint density at radius 3 is 1.15 bits per heavy atom. The number of rotatable bonds is 29. The van der Waals surface area contributed by atoms with E-state index in [2.05, 4.69) is 11.7 Å². The molecule has 0 aliphatic carbocycles. The monoisotopic (exact) mass is 816 g/mol. The zero-order valence-electron chi connectivity index (χ0n) is 28.8. The second-order valence-electron chi connectivity index (χ2n) is 13.0. The summed E-state index contributed by atoms with van der Waals surface area (Å²) in [6, 6.07) is 0. The van der Waals surface area contributed by atoms with Crippen LogP contribution in [0.25, 0.3) is 0 Å². The number of hydrogen-bond acceptors (Lipinski definition) is 3. The summed E-state index contributed by atoms with van der Waals surface area (Å²) in [5, 5.41) is 9.01. The van der Waals surface area contributed by atoms with Gasteiger partial charge in [-0.05, 0) is 6.42 Å². The molecule has 0 amide bonds. The van der Waals surface area contributed by atoms with E-state index < -0.39 is 84.9 Å². The maximum Gasteiger partial charge on any atom is 0.460 e. The molecule has 1 N–H and O–H groups in total. The Morgan fingerprint density at radius 2 is 0.811 bits per heavy atom. The van der Waals surface area contributed by atoms with Crippen LogP contribution in [0, 0.1) is 5.92 Å². The van der Waals surface area contributed by atoms with Crippen LogP contribution in [0.2, 0.25) is 0 Å². The Labute approximate surface area is 295 Å². The molecule has 21 heteroatoms. The molecule has 0 bridgehead atoms. The van der Waals surface area contributed by atoms with Crippen molar-refractivity contribution in [3.05, 3.63) is 0 Å². The molecule has 0 heterocycles. The topological polar surface area (TPSA) is 63.6 Å². The first-order chi connectivity index (χ1) is 24.0. The largest absolute Gasteiger partial charge is 0.481 e. The van der Waals surface area contributed by atoms with E-state index in [0.717, 1.165) is 38.5 Å². The van der Waals surface area contributed by atoms with Crippen LogP contribution in [0.4, 0.5) is 74.6 Å². The van der Waals surface area contributed by atoms with Gasteiger partial charge in [-0.3, -0.25) is 9.59 Å². The van der Waals surface area contributed by atoms with Crippen LogP contribution >= 0.6 is 0 Å². The van der Waals surface area contributed by atoms with Gasteiger partial charge in [0.1, 0.15) is 0 Å². The second kappa shape index (κ2) is 20.6. The summed E-state index contributed by atoms with van der Waals surface area (Å²) in [5.74, 6) is -62.2. The Kier molecular flexibility index (Phi) is 19.7. The van der Waals surface area contributed by atoms with Gasteiger partial charge < -0.3 is 9.84 Å². The lowest BCUT2D eigenvalue weighted by Crippen LogP contribution is -2.74. The molecule has 0 spiro atoms. The maximum absolute atomic E-state index is 14.1. The van der Waals surface area contributed by atoms with Crippen molar-refractivity contribution in [1.82, 2.24) is 0 Å². The maximum atomic E-state index is 14.1. The Hall–Kier alpha value is -2.25. The lowest BCUT2D eigenvalue weighted by Gasteiger charge is -2.42. The smallest absolute Gasteiger partial charge is 0.460 e. The Morgan fingerprint density at radius 1 is 0.491 bits per heavy atom. The van der Waals surface area contributed by atoms with Crippen molar-refractivity contribution in [3.63, 3.8) is 0 Å². The van der Waals surface area contributed by atoms with Crippen LogP contribution in [-0.4, -0.2) is 71.3 Å². The van der Waals surface area contributed by atoms with Gasteiger partial charge in [-0.2, -0.15) is 74.6 Å². The number of esters is 1. The first-order valence-corrected chi connectivity index (χ1v) is 17.1. The first-order valence-electron chi connectivity index (χ1n) is 17.1. The van der Waals surface area contributed by atoms with Crippen molar-refractivity contribution >= 4 is 11.9 Å². The number of unbranched alkanes of at least 4 members (excludes halogenated alkanes) is 15. The van der Waals surface area contributed by atoms with E-state index in [1.807, 2.05) is 0 Å². The van der Waals surface area contributed by atoms with E-state index in [4.69, 9.17) is 5.11 Å². The number of halogens is 17. The highest BCUT2D eigenvalue weighted by Gasteiger charge is 2.95. The average Bonchev–Trinajstić information content (AvgIpc) is 3.02. The van der Waals surface area contributed by atoms with Gasteiger partial charge in [0.05, 0.1) is 25.4 Å². The molecular weight excluding hydrogens is 771 g/mol. The van der Waals surface area contributed by atoms with E-state index in [1.54, 1.807) is 0 Å². The number of carbonyl (C=O) groups is 2. The fourth-order valence-corrected chi connectivity index (χ4v) is 5.20. The van der Waals surface area contributed by atoms with Gasteiger partial charge in [-0.1, -0.05) is 110 Å². The average molecular weight is 817 g/mol. The molecule has 1 unspecified atom stereocenters. The molecule has 0 aromatic rings. The van der Waals surface area contributed by atoms with Crippen molar-refractivity contribution in [1.29, 1.82) is 0 Å². The third kappa shape index (κ3) is 12.9. The predicted octanol–water partition coefficient (Wildman–Crippen LogP) is 12.7. The number of aliphatic carboxylic acids is 1. The summed E-state index contributed by atoms with van der Waals surface area (Å²) in [6.45, 7) is 0.0501. The number of ether oxygens (including phenoxy) is 1. The summed E-state index contributed by atoms with van der Waals surface area (Å²) in [6.07, 6.45) is 3.66. The van der Waals surface area contributed by atoms with Gasteiger partial charge in [0.25, 0.3) is 0 Å². The minimum absolute atomic E-state index is 0.174. The molecule has 0 aliphatic rings. The third-order valence-corrected chi connectivity index (χ3v) is 8.61. The van der Waals surface area contributed by atoms with Crippen molar-refractivity contribution in [2.45, 2.75) is 177 Å². The Bertz CT molecular complexity index is 1090. The molecule has 0 aliphatic heterocycles. The van der Waals surface area contributed by atoms with Crippen LogP contribution in [-0.2, 0) is 14.3 Å². The SMILES string of the molecule is CCCCCCCCCCCCCCCCCCC(CC(=O)O)C(=O)OCCC(F)(F)C(F)(F)C(F)(F)C(F)(F)C(F)(F)C(F)(F)C(F)(F)C(F)(F)F. The van der Waals surface area contributed by atoms with E-state index in [0.29, 0.717) is 12.8 Å². The van der Waals surface area contributed by atoms with E-state index >= 15 is 0 Å². The van der Waals surface area contributed by atoms with Crippen molar-refractivity contribution in [2.75, 3.05) is 6.61 Å². The minimum atomic E-state index is -8.73. The van der Waals surface area contributed by atoms with Crippen molar-refractivity contribution < 1.29 is 94.1 Å². The lowest BCUT2D eigenvalue weighted by atomic mass is 9.88. The van der Waals surface area contributed by atoms with Gasteiger partial charge in [0, 0.05) is 0 Å². The van der Waals surface area contributed by atoms with Crippen molar-refractivity contribution in [3.8, 4) is 0 Å². The number of hydrogen-bond donors (Lipinski definition) is 1. The summed E-state index contributed by atoms with van der Waals surface area (Å²) in [7, 11) is 0. The van der Waals surface area contributed by atoms with Gasteiger partial charge >= 0.3 is 59.6 Å². The van der Waals surface area contributed by atoms with Gasteiger partial charge in [-0.15, -0.1) is 0 Å². The standard InChI is InChI=1S/C32H45F17O4/c1-2-3-4-5-6-7-8-9-10-11-12-13-14-15-16-17-18-22(21-23(50)51)24(52)53-20-19-25(33,34)26(35,36)27(37,38)28(39,40)29(41,42)30(43,44)31(45,46)32(47,48)49/h22H,2-21H2,1H3,(H,50,51). The minimum Gasteiger partial charge on any atom is -0.481 e. The molecule has 0 saturated heterocycles. The highest BCUT2D eigenvalue weighted by Crippen LogP contribution is 2.64. The molecule has 4 nitrogen and oxygen atoms in total. The van der Waals surface area contributed by atoms with Gasteiger partial charge in [0.2, 0.25) is 0 Å². The fraction of sp³-hybridized carbons (Fsp3) is 0.938. The third-order valence-electron chi connectivity index (χ3n) is 8.61. The molecular formula is C32H45F17O4. The molecule has 0 aromatic heterocycles. The van der Waals surface area contributed by atoms with Gasteiger partial charge in [-0.25, -0.2) is 0 Å². The number of carboxylic acid groups (broad SMARTS) is 1. The zero-order valence-corrected chi connectivity index (χ0v) is 28.8. The summed E-state index contributed by atoms with van der Waals surface area (Å²) < 4.78 is 232. The highest BCUT2D eigenvalue weighted by molar-refractivity contribution is 5.79. The molecule has 53 heavy (non-hydrogen) atoms. The lowest BCUT2D eigenvalue weighted by molar-refractivity contribution is -0.461. The molecule has 316 valence electrons. The van der Waals surface area contributed by atoms with Crippen LogP contribution in [0.15, 0.2) is 0 Å². The fourth-order valence-electron chi connectivity index (χ4n) is 5.20. The summed E-state index contributed by atoms with van der Waals surface area (Å²) in [5.41, 5.74) is 0. The van der Waals surface area contributed by atoms with E-state index in [-0.39, 0.29) is 12.8 Å². The normalized spacial score (nSPS) is 14.8. The highest BCUT2D eigenvalue weighted by atomic mass is 19.4. The van der Waals surface area contributed by atoms with E-state index in [9.17, 15) is 84.2 Å². The van der Waals surface area contributed by atoms with Crippen LogP contribution < -0.4 is 0 Å². The van der Waals surface area contributed by atoms with Crippen LogP contribution in [0.3, 0.4) is 0 Å². The van der Waals surface area contributed by atoms with Gasteiger partial charge in [0.15, 0.2) is 0 Å². The number of alkyl halides is 17.